The molecule has 0 aromatic heterocycles. The van der Waals surface area contributed by atoms with Crippen molar-refractivity contribution in [1.82, 2.24) is 14.9 Å². The Morgan fingerprint density at radius 1 is 1.03 bits per heavy atom. The summed E-state index contributed by atoms with van der Waals surface area (Å²) in [5, 5.41) is 17.0. The van der Waals surface area contributed by atoms with Gasteiger partial charge in [0.2, 0.25) is 15.9 Å². The van der Waals surface area contributed by atoms with Crippen molar-refractivity contribution in [2.45, 2.75) is 58.2 Å². The fourth-order valence-electron chi connectivity index (χ4n) is 3.96. The van der Waals surface area contributed by atoms with Gasteiger partial charge in [-0.15, -0.1) is 0 Å². The molecule has 0 spiro atoms. The predicted molar refractivity (Wildman–Crippen MR) is 143 cm³/mol. The van der Waals surface area contributed by atoms with E-state index in [-0.39, 0.29) is 24.6 Å². The van der Waals surface area contributed by atoms with E-state index in [1.807, 2.05) is 68.4 Å². The van der Waals surface area contributed by atoms with Crippen molar-refractivity contribution in [2.75, 3.05) is 32.5 Å². The summed E-state index contributed by atoms with van der Waals surface area (Å²) < 4.78 is 32.2. The molecule has 3 N–H and O–H groups in total. The van der Waals surface area contributed by atoms with E-state index in [2.05, 4.69) is 10.6 Å². The van der Waals surface area contributed by atoms with E-state index < -0.39 is 22.2 Å². The molecule has 0 aliphatic heterocycles. The molecule has 0 unspecified atom stereocenters. The van der Waals surface area contributed by atoms with E-state index in [1.165, 1.54) is 4.31 Å². The lowest BCUT2D eigenvalue weighted by molar-refractivity contribution is -0.122. The predicted octanol–water partition coefficient (Wildman–Crippen LogP) is 2.72. The Labute approximate surface area is 216 Å². The van der Waals surface area contributed by atoms with Crippen LogP contribution in [0.25, 0.3) is 0 Å². The molecule has 9 heteroatoms. The summed E-state index contributed by atoms with van der Waals surface area (Å²) in [5.74, 6) is 0.121. The van der Waals surface area contributed by atoms with Gasteiger partial charge in [-0.2, -0.15) is 0 Å². The molecule has 200 valence electrons. The second kappa shape index (κ2) is 15.6. The molecule has 0 radical (unpaired) electrons. The van der Waals surface area contributed by atoms with Crippen LogP contribution < -0.4 is 15.4 Å². The van der Waals surface area contributed by atoms with Crippen LogP contribution in [-0.4, -0.2) is 68.4 Å². The maximum atomic E-state index is 12.8. The molecular formula is C27H41N3O5S. The number of amides is 1. The third-order valence-corrected chi connectivity index (χ3v) is 7.72. The number of carbonyl (C=O) groups is 1. The Morgan fingerprint density at radius 3 is 2.33 bits per heavy atom. The van der Waals surface area contributed by atoms with Crippen molar-refractivity contribution < 1.29 is 23.1 Å². The number of ether oxygens (including phenoxy) is 1. The first kappa shape index (κ1) is 29.8. The maximum absolute atomic E-state index is 12.8. The van der Waals surface area contributed by atoms with Crippen LogP contribution in [0.4, 0.5) is 0 Å². The van der Waals surface area contributed by atoms with Crippen LogP contribution in [0, 0.1) is 0 Å². The summed E-state index contributed by atoms with van der Waals surface area (Å²) in [6, 6.07) is 16.7. The number of aliphatic hydroxyl groups excluding tert-OH is 1. The summed E-state index contributed by atoms with van der Waals surface area (Å²) in [6.45, 7) is 5.56. The average molecular weight is 520 g/mol. The monoisotopic (exact) mass is 519 g/mol. The molecule has 8 nitrogen and oxygen atoms in total. The number of aliphatic hydroxyl groups is 1. The van der Waals surface area contributed by atoms with Gasteiger partial charge in [-0.05, 0) is 42.5 Å². The van der Waals surface area contributed by atoms with Crippen LogP contribution in [0.2, 0.25) is 0 Å². The lowest BCUT2D eigenvalue weighted by atomic mass is 10.0. The van der Waals surface area contributed by atoms with Crippen molar-refractivity contribution in [3.8, 4) is 5.75 Å². The smallest absolute Gasteiger partial charge is 0.221 e. The molecule has 2 aromatic carbocycles. The summed E-state index contributed by atoms with van der Waals surface area (Å²) in [4.78, 5) is 12.8. The van der Waals surface area contributed by atoms with Crippen LogP contribution in [-0.2, 0) is 27.8 Å². The quantitative estimate of drug-likeness (QED) is 0.297. The normalized spacial score (nSPS) is 13.4. The van der Waals surface area contributed by atoms with Crippen LogP contribution in [0.1, 0.15) is 44.2 Å². The highest BCUT2D eigenvalue weighted by Crippen LogP contribution is 2.13. The second-order valence-corrected chi connectivity index (χ2v) is 11.0. The van der Waals surface area contributed by atoms with Crippen molar-refractivity contribution in [3.63, 3.8) is 0 Å². The minimum atomic E-state index is -3.52. The first-order valence-corrected chi connectivity index (χ1v) is 14.2. The van der Waals surface area contributed by atoms with Gasteiger partial charge in [0.1, 0.15) is 5.75 Å². The zero-order valence-electron chi connectivity index (χ0n) is 21.7. The summed E-state index contributed by atoms with van der Waals surface area (Å²) >= 11 is 0. The molecule has 0 aliphatic carbocycles. The number of hydrogen-bond donors (Lipinski definition) is 3. The topological polar surface area (TPSA) is 108 Å². The van der Waals surface area contributed by atoms with Gasteiger partial charge in [-0.3, -0.25) is 4.79 Å². The van der Waals surface area contributed by atoms with Crippen molar-refractivity contribution >= 4 is 15.9 Å². The Hall–Kier alpha value is -2.46. The van der Waals surface area contributed by atoms with Crippen LogP contribution in [0.3, 0.4) is 0 Å². The third kappa shape index (κ3) is 10.3. The molecule has 2 aromatic rings. The van der Waals surface area contributed by atoms with E-state index in [4.69, 9.17) is 4.74 Å². The zero-order chi connectivity index (χ0) is 26.4. The number of benzene rings is 2. The average Bonchev–Trinajstić information content (AvgIpc) is 2.87. The van der Waals surface area contributed by atoms with Crippen LogP contribution in [0.15, 0.2) is 54.6 Å². The Balaban J connectivity index is 1.99. The first-order valence-electron chi connectivity index (χ1n) is 12.6. The van der Waals surface area contributed by atoms with Gasteiger partial charge < -0.3 is 20.5 Å². The van der Waals surface area contributed by atoms with Gasteiger partial charge in [0.05, 0.1) is 25.0 Å². The van der Waals surface area contributed by atoms with Gasteiger partial charge in [0.25, 0.3) is 0 Å². The van der Waals surface area contributed by atoms with E-state index in [9.17, 15) is 18.3 Å². The van der Waals surface area contributed by atoms with Crippen molar-refractivity contribution in [1.29, 1.82) is 0 Å². The highest BCUT2D eigenvalue weighted by Gasteiger charge is 2.25. The third-order valence-electron chi connectivity index (χ3n) is 5.85. The number of hydrogen-bond acceptors (Lipinski definition) is 6. The molecule has 36 heavy (non-hydrogen) atoms. The molecule has 0 bridgehead atoms. The van der Waals surface area contributed by atoms with Crippen LogP contribution in [0.5, 0.6) is 5.75 Å². The standard InChI is InChI=1S/C27H41N3O5S/c1-4-15-30(16-5-2)36(33,34)17-14-27(32)29-25(19-22-10-7-6-8-11-22)26(31)21-28-20-23-12-9-13-24(18-23)35-3/h6-13,18,25-26,28,31H,4-5,14-17,19-21H2,1-3H3,(H,29,32)/t25-,26+/m0/s1. The van der Waals surface area contributed by atoms with Gasteiger partial charge in [0, 0.05) is 32.6 Å². The second-order valence-electron chi connectivity index (χ2n) is 8.88. The fourth-order valence-corrected chi connectivity index (χ4v) is 5.58. The minimum Gasteiger partial charge on any atom is -0.497 e. The molecule has 1 amide bonds. The zero-order valence-corrected chi connectivity index (χ0v) is 22.5. The highest BCUT2D eigenvalue weighted by molar-refractivity contribution is 7.89. The van der Waals surface area contributed by atoms with Crippen molar-refractivity contribution in [2.24, 2.45) is 0 Å². The molecule has 0 saturated carbocycles. The first-order chi connectivity index (χ1) is 17.3. The van der Waals surface area contributed by atoms with E-state index >= 15 is 0 Å². The molecule has 0 saturated heterocycles. The molecule has 0 aliphatic rings. The Bertz CT molecular complexity index is 1010. The van der Waals surface area contributed by atoms with E-state index in [0.29, 0.717) is 26.1 Å². The number of rotatable bonds is 17. The lowest BCUT2D eigenvalue weighted by Crippen LogP contribution is -2.49. The lowest BCUT2D eigenvalue weighted by Gasteiger charge is -2.25. The molecule has 0 fully saturated rings. The molecule has 2 rings (SSSR count). The number of nitrogens with one attached hydrogen (secondary N) is 2. The van der Waals surface area contributed by atoms with Gasteiger partial charge in [-0.1, -0.05) is 56.3 Å². The summed E-state index contributed by atoms with van der Waals surface area (Å²) in [7, 11) is -1.91. The number of nitrogens with zero attached hydrogens (tertiary/aromatic N) is 1. The van der Waals surface area contributed by atoms with Gasteiger partial charge in [-0.25, -0.2) is 12.7 Å². The SMILES string of the molecule is CCCN(CCC)S(=O)(=O)CCC(=O)N[C@@H](Cc1ccccc1)[C@H](O)CNCc1cccc(OC)c1. The highest BCUT2D eigenvalue weighted by atomic mass is 32.2. The summed E-state index contributed by atoms with van der Waals surface area (Å²) in [5.41, 5.74) is 1.98. The maximum Gasteiger partial charge on any atom is 0.221 e. The number of methoxy groups -OCH3 is 1. The van der Waals surface area contributed by atoms with E-state index in [1.54, 1.807) is 7.11 Å². The number of carbonyl (C=O) groups excluding carboxylic acids is 1. The van der Waals surface area contributed by atoms with E-state index in [0.717, 1.165) is 29.7 Å². The van der Waals surface area contributed by atoms with Crippen molar-refractivity contribution in [3.05, 3.63) is 65.7 Å². The Morgan fingerprint density at radius 2 is 1.69 bits per heavy atom. The minimum absolute atomic E-state index is 0.151. The Kier molecular flexibility index (Phi) is 12.9. The fraction of sp³-hybridized carbons (Fsp3) is 0.519. The summed E-state index contributed by atoms with van der Waals surface area (Å²) in [6.07, 6.45) is 0.854. The number of sulfonamides is 1. The largest absolute Gasteiger partial charge is 0.497 e. The van der Waals surface area contributed by atoms with Crippen LogP contribution >= 0.6 is 0 Å². The van der Waals surface area contributed by atoms with Gasteiger partial charge in [0.15, 0.2) is 0 Å². The molecule has 0 heterocycles. The molecule has 2 atom stereocenters. The molecular weight excluding hydrogens is 478 g/mol. The van der Waals surface area contributed by atoms with Gasteiger partial charge >= 0.3 is 0 Å².